The van der Waals surface area contributed by atoms with E-state index in [1.54, 1.807) is 0 Å². The molecular weight excluding hydrogens is 332 g/mol. The van der Waals surface area contributed by atoms with Gasteiger partial charge in [-0.1, -0.05) is 36.5 Å². The summed E-state index contributed by atoms with van der Waals surface area (Å²) in [7, 11) is 0. The lowest BCUT2D eigenvalue weighted by molar-refractivity contribution is 0.0997. The van der Waals surface area contributed by atoms with E-state index in [1.807, 2.05) is 56.3 Å². The van der Waals surface area contributed by atoms with Gasteiger partial charge in [-0.3, -0.25) is 4.79 Å². The SMILES string of the molecule is CCCn1c(=NC(=O)c2ccccc2C)sc2cc(OCC)ccc21. The van der Waals surface area contributed by atoms with Crippen molar-refractivity contribution in [2.75, 3.05) is 6.61 Å². The van der Waals surface area contributed by atoms with Crippen LogP contribution in [0.1, 0.15) is 36.2 Å². The van der Waals surface area contributed by atoms with E-state index in [2.05, 4.69) is 16.5 Å². The van der Waals surface area contributed by atoms with Crippen LogP contribution in [0.3, 0.4) is 0 Å². The molecule has 0 aliphatic heterocycles. The molecule has 0 fully saturated rings. The molecule has 4 nitrogen and oxygen atoms in total. The molecule has 0 saturated heterocycles. The Labute approximate surface area is 151 Å². The summed E-state index contributed by atoms with van der Waals surface area (Å²) in [5.41, 5.74) is 2.68. The van der Waals surface area contributed by atoms with Gasteiger partial charge in [0.2, 0.25) is 0 Å². The number of thiazole rings is 1. The molecule has 0 bridgehead atoms. The Kier molecular flexibility index (Phi) is 5.34. The second-order valence-electron chi connectivity index (χ2n) is 5.83. The molecule has 1 amide bonds. The molecule has 1 aromatic heterocycles. The predicted octanol–water partition coefficient (Wildman–Crippen LogP) is 4.56. The van der Waals surface area contributed by atoms with Crippen LogP contribution in [-0.4, -0.2) is 17.1 Å². The third-order valence-electron chi connectivity index (χ3n) is 3.99. The van der Waals surface area contributed by atoms with Crippen LogP contribution in [0.15, 0.2) is 47.5 Å². The Balaban J connectivity index is 2.12. The molecule has 1 heterocycles. The molecule has 3 rings (SSSR count). The first-order valence-electron chi connectivity index (χ1n) is 8.55. The average molecular weight is 354 g/mol. The largest absolute Gasteiger partial charge is 0.494 e. The van der Waals surface area contributed by atoms with Crippen LogP contribution in [0, 0.1) is 6.92 Å². The number of aryl methyl sites for hydroxylation is 2. The van der Waals surface area contributed by atoms with Crippen LogP contribution in [0.2, 0.25) is 0 Å². The van der Waals surface area contributed by atoms with Gasteiger partial charge in [0.1, 0.15) is 5.75 Å². The predicted molar refractivity (Wildman–Crippen MR) is 102 cm³/mol. The number of ether oxygens (including phenoxy) is 1. The van der Waals surface area contributed by atoms with E-state index < -0.39 is 0 Å². The lowest BCUT2D eigenvalue weighted by Crippen LogP contribution is -2.17. The van der Waals surface area contributed by atoms with E-state index in [4.69, 9.17) is 4.74 Å². The number of hydrogen-bond acceptors (Lipinski definition) is 3. The fourth-order valence-corrected chi connectivity index (χ4v) is 3.88. The molecule has 0 aliphatic carbocycles. The third kappa shape index (κ3) is 3.66. The molecule has 5 heteroatoms. The Bertz CT molecular complexity index is 969. The molecule has 25 heavy (non-hydrogen) atoms. The van der Waals surface area contributed by atoms with E-state index in [9.17, 15) is 4.79 Å². The van der Waals surface area contributed by atoms with E-state index >= 15 is 0 Å². The molecule has 0 atom stereocenters. The molecule has 0 radical (unpaired) electrons. The van der Waals surface area contributed by atoms with Gasteiger partial charge in [-0.25, -0.2) is 0 Å². The van der Waals surface area contributed by atoms with E-state index in [-0.39, 0.29) is 5.91 Å². The topological polar surface area (TPSA) is 43.6 Å². The fraction of sp³-hybridized carbons (Fsp3) is 0.300. The van der Waals surface area contributed by atoms with Gasteiger partial charge < -0.3 is 9.30 Å². The number of fused-ring (bicyclic) bond motifs is 1. The molecule has 3 aromatic rings. The van der Waals surface area contributed by atoms with Crippen LogP contribution >= 0.6 is 11.3 Å². The number of hydrogen-bond donors (Lipinski definition) is 0. The fourth-order valence-electron chi connectivity index (χ4n) is 2.79. The van der Waals surface area contributed by atoms with Crippen molar-refractivity contribution < 1.29 is 9.53 Å². The zero-order valence-electron chi connectivity index (χ0n) is 14.8. The first kappa shape index (κ1) is 17.4. The Morgan fingerprint density at radius 2 is 2.00 bits per heavy atom. The van der Waals surface area contributed by atoms with Crippen molar-refractivity contribution in [3.63, 3.8) is 0 Å². The number of benzene rings is 2. The van der Waals surface area contributed by atoms with Crippen molar-refractivity contribution in [1.29, 1.82) is 0 Å². The maximum atomic E-state index is 12.6. The normalized spacial score (nSPS) is 11.9. The van der Waals surface area contributed by atoms with Gasteiger partial charge in [0.25, 0.3) is 5.91 Å². The van der Waals surface area contributed by atoms with Crippen molar-refractivity contribution in [2.24, 2.45) is 4.99 Å². The number of carbonyl (C=O) groups excluding carboxylic acids is 1. The zero-order valence-corrected chi connectivity index (χ0v) is 15.6. The smallest absolute Gasteiger partial charge is 0.279 e. The zero-order chi connectivity index (χ0) is 17.8. The highest BCUT2D eigenvalue weighted by atomic mass is 32.1. The van der Waals surface area contributed by atoms with Crippen LogP contribution in [0.5, 0.6) is 5.75 Å². The third-order valence-corrected chi connectivity index (χ3v) is 5.03. The Hall–Kier alpha value is -2.40. The summed E-state index contributed by atoms with van der Waals surface area (Å²) in [5, 5.41) is 0. The Morgan fingerprint density at radius 1 is 1.20 bits per heavy atom. The maximum absolute atomic E-state index is 12.6. The summed E-state index contributed by atoms with van der Waals surface area (Å²) in [5.74, 6) is 0.649. The lowest BCUT2D eigenvalue weighted by atomic mass is 10.1. The van der Waals surface area contributed by atoms with E-state index in [1.165, 1.54) is 11.3 Å². The summed E-state index contributed by atoms with van der Waals surface area (Å²) in [6.07, 6.45) is 0.977. The highest BCUT2D eigenvalue weighted by Gasteiger charge is 2.11. The first-order valence-corrected chi connectivity index (χ1v) is 9.36. The molecule has 2 aromatic carbocycles. The second kappa shape index (κ2) is 7.66. The van der Waals surface area contributed by atoms with Gasteiger partial charge in [0.15, 0.2) is 4.80 Å². The van der Waals surface area contributed by atoms with Crippen molar-refractivity contribution in [3.8, 4) is 5.75 Å². The number of carbonyl (C=O) groups is 1. The minimum Gasteiger partial charge on any atom is -0.494 e. The van der Waals surface area contributed by atoms with Gasteiger partial charge in [0.05, 0.1) is 16.8 Å². The quantitative estimate of drug-likeness (QED) is 0.674. The van der Waals surface area contributed by atoms with Crippen LogP contribution in [-0.2, 0) is 6.54 Å². The van der Waals surface area contributed by atoms with Gasteiger partial charge in [-0.15, -0.1) is 0 Å². The minimum absolute atomic E-state index is 0.195. The number of rotatable bonds is 5. The standard InChI is InChI=1S/C20H22N2O2S/c1-4-12-22-17-11-10-15(24-5-2)13-18(17)25-20(22)21-19(23)16-9-7-6-8-14(16)3/h6-11,13H,4-5,12H2,1-3H3. The van der Waals surface area contributed by atoms with E-state index in [0.717, 1.165) is 39.3 Å². The van der Waals surface area contributed by atoms with E-state index in [0.29, 0.717) is 12.2 Å². The van der Waals surface area contributed by atoms with Crippen molar-refractivity contribution in [3.05, 3.63) is 58.4 Å². The molecule has 0 aliphatic rings. The summed E-state index contributed by atoms with van der Waals surface area (Å²) >= 11 is 1.53. The molecule has 0 saturated carbocycles. The number of nitrogens with zero attached hydrogens (tertiary/aromatic N) is 2. The monoisotopic (exact) mass is 354 g/mol. The minimum atomic E-state index is -0.195. The van der Waals surface area contributed by atoms with Crippen molar-refractivity contribution >= 4 is 27.5 Å². The first-order chi connectivity index (χ1) is 12.1. The van der Waals surface area contributed by atoms with Gasteiger partial charge >= 0.3 is 0 Å². The summed E-state index contributed by atoms with van der Waals surface area (Å²) in [4.78, 5) is 17.8. The van der Waals surface area contributed by atoms with Gasteiger partial charge in [-0.2, -0.15) is 4.99 Å². The summed E-state index contributed by atoms with van der Waals surface area (Å²) < 4.78 is 8.79. The van der Waals surface area contributed by atoms with Gasteiger partial charge in [-0.05, 0) is 50.1 Å². The van der Waals surface area contributed by atoms with Crippen molar-refractivity contribution in [1.82, 2.24) is 4.57 Å². The van der Waals surface area contributed by atoms with Crippen LogP contribution < -0.4 is 9.54 Å². The highest BCUT2D eigenvalue weighted by molar-refractivity contribution is 7.16. The molecule has 130 valence electrons. The highest BCUT2D eigenvalue weighted by Crippen LogP contribution is 2.24. The lowest BCUT2D eigenvalue weighted by Gasteiger charge is -2.05. The Morgan fingerprint density at radius 3 is 2.72 bits per heavy atom. The number of amides is 1. The number of aromatic nitrogens is 1. The van der Waals surface area contributed by atoms with Crippen LogP contribution in [0.25, 0.3) is 10.2 Å². The maximum Gasteiger partial charge on any atom is 0.279 e. The molecular formula is C20H22N2O2S. The summed E-state index contributed by atoms with van der Waals surface area (Å²) in [6.45, 7) is 7.49. The van der Waals surface area contributed by atoms with Crippen LogP contribution in [0.4, 0.5) is 0 Å². The second-order valence-corrected chi connectivity index (χ2v) is 6.84. The molecule has 0 spiro atoms. The van der Waals surface area contributed by atoms with Crippen molar-refractivity contribution in [2.45, 2.75) is 33.7 Å². The average Bonchev–Trinajstić information content (AvgIpc) is 2.92. The molecule has 0 N–H and O–H groups in total. The van der Waals surface area contributed by atoms with Gasteiger partial charge in [0, 0.05) is 12.1 Å². The summed E-state index contributed by atoms with van der Waals surface area (Å²) in [6, 6.07) is 13.6. The molecule has 0 unspecified atom stereocenters.